The third-order valence-electron chi connectivity index (χ3n) is 10.1. The van der Waals surface area contributed by atoms with E-state index in [1.807, 2.05) is 0 Å². The van der Waals surface area contributed by atoms with Gasteiger partial charge in [0.15, 0.2) is 18.9 Å². The summed E-state index contributed by atoms with van der Waals surface area (Å²) in [5.74, 6) is -3.12. The van der Waals surface area contributed by atoms with Crippen molar-refractivity contribution >= 4 is 29.3 Å². The second kappa shape index (κ2) is 22.2. The molecule has 3 fully saturated rings. The SMILES string of the molecule is CO[C@@H]1OC(CO)[C@@H](O[C@@H]2OC(CO)[C@@H](O[C@@H]3OC(CO)[C@@H](OC)[C@H](O)C3NC(C)=O)[C@H](O)C2NC(=O)CCCNC(=O)C(=O)Cc2ccc(C(=N)N)cc2)[C@H](O)C1N. The third kappa shape index (κ3) is 11.9. The number of nitrogens with one attached hydrogen (secondary N) is 4. The Balaban J connectivity index is 1.50. The fourth-order valence-electron chi connectivity index (χ4n) is 7.02. The molecule has 23 nitrogen and oxygen atoms in total. The van der Waals surface area contributed by atoms with Crippen LogP contribution in [0.1, 0.15) is 30.9 Å². The first-order valence-corrected chi connectivity index (χ1v) is 18.8. The molecule has 0 radical (unpaired) electrons. The Morgan fingerprint density at radius 3 is 1.78 bits per heavy atom. The molecule has 3 aliphatic rings. The minimum atomic E-state index is -1.84. The molecule has 0 aromatic heterocycles. The normalized spacial score (nSPS) is 34.7. The highest BCUT2D eigenvalue weighted by molar-refractivity contribution is 6.36. The summed E-state index contributed by atoms with van der Waals surface area (Å²) >= 11 is 0. The monoisotopic (exact) mass is 844 g/mol. The zero-order valence-corrected chi connectivity index (χ0v) is 32.7. The van der Waals surface area contributed by atoms with Gasteiger partial charge in [-0.25, -0.2) is 0 Å². The number of nitrogens with two attached hydrogens (primary N) is 2. The van der Waals surface area contributed by atoms with E-state index < -0.39 is 135 Å². The van der Waals surface area contributed by atoms with Gasteiger partial charge in [-0.05, 0) is 12.0 Å². The second-order valence-electron chi connectivity index (χ2n) is 14.3. The highest BCUT2D eigenvalue weighted by Crippen LogP contribution is 2.33. The lowest BCUT2D eigenvalue weighted by molar-refractivity contribution is -0.352. The maximum absolute atomic E-state index is 13.4. The first-order valence-electron chi connectivity index (χ1n) is 18.8. The fraction of sp³-hybridized carbons (Fsp3) is 0.694. The van der Waals surface area contributed by atoms with E-state index in [-0.39, 0.29) is 31.6 Å². The standard InChI is InChI=1S/C36H56N6O17/c1-15(46)41-24-27(50)29(53-2)19(12-43)56-35(24)59-31-21(14-45)57-36(58-30-20(13-44)55-34(54-3)23(37)26(30)49)25(28(31)51)42-22(48)5-4-10-40-33(52)18(47)11-16-6-8-17(9-7-16)32(38)39/h6-9,19-21,23-31,34-36,43-45,49-51H,4-5,10-14,37H2,1-3H3,(H3,38,39)(H,40,52)(H,41,46)(H,42,48)/t19?,20?,21?,23?,24?,25?,26-,27-,28-,29-,30-,31-,34-,35+,36+/m1/s1. The molecule has 3 aliphatic heterocycles. The number of Topliss-reactive ketones (excluding diaryl/α,β-unsaturated/α-hetero) is 1. The van der Waals surface area contributed by atoms with Gasteiger partial charge in [0.1, 0.15) is 72.9 Å². The van der Waals surface area contributed by atoms with Crippen LogP contribution in [0.4, 0.5) is 0 Å². The van der Waals surface area contributed by atoms with E-state index in [4.69, 9.17) is 50.0 Å². The second-order valence-corrected chi connectivity index (χ2v) is 14.3. The molecule has 59 heavy (non-hydrogen) atoms. The molecule has 0 saturated carbocycles. The lowest BCUT2D eigenvalue weighted by Gasteiger charge is -2.50. The van der Waals surface area contributed by atoms with Crippen molar-refractivity contribution in [3.63, 3.8) is 0 Å². The van der Waals surface area contributed by atoms with Gasteiger partial charge in [-0.1, -0.05) is 24.3 Å². The van der Waals surface area contributed by atoms with Crippen molar-refractivity contribution in [2.45, 2.75) is 118 Å². The zero-order chi connectivity index (χ0) is 43.6. The number of ketones is 1. The molecule has 0 bridgehead atoms. The molecule has 3 saturated heterocycles. The highest BCUT2D eigenvalue weighted by atomic mass is 16.7. The Kier molecular flexibility index (Phi) is 18.0. The summed E-state index contributed by atoms with van der Waals surface area (Å²) < 4.78 is 40.0. The molecular formula is C36H56N6O17. The quantitative estimate of drug-likeness (QED) is 0.0267. The van der Waals surface area contributed by atoms with Crippen LogP contribution in [0.2, 0.25) is 0 Å². The van der Waals surface area contributed by atoms with E-state index in [2.05, 4.69) is 16.0 Å². The van der Waals surface area contributed by atoms with Gasteiger partial charge in [-0.2, -0.15) is 0 Å². The molecule has 0 aliphatic carbocycles. The van der Waals surface area contributed by atoms with Crippen LogP contribution in [0.25, 0.3) is 0 Å². The molecule has 1 aromatic rings. The minimum absolute atomic E-state index is 0.0109. The van der Waals surface area contributed by atoms with Crippen molar-refractivity contribution < 1.29 is 83.0 Å². The van der Waals surface area contributed by atoms with E-state index in [0.717, 1.165) is 6.92 Å². The predicted octanol–water partition coefficient (Wildman–Crippen LogP) is -6.04. The summed E-state index contributed by atoms with van der Waals surface area (Å²) in [4.78, 5) is 50.5. The number of aliphatic hydroxyl groups excluding tert-OH is 6. The summed E-state index contributed by atoms with van der Waals surface area (Å²) in [5.41, 5.74) is 12.5. The summed E-state index contributed by atoms with van der Waals surface area (Å²) in [5, 5.41) is 79.5. The van der Waals surface area contributed by atoms with Gasteiger partial charge in [0.05, 0.1) is 25.9 Å². The summed E-state index contributed by atoms with van der Waals surface area (Å²) in [7, 11) is 2.53. The van der Waals surface area contributed by atoms with Crippen molar-refractivity contribution in [3.05, 3.63) is 35.4 Å². The Hall–Kier alpha value is -3.79. The summed E-state index contributed by atoms with van der Waals surface area (Å²) in [6, 6.07) is 2.13. The lowest BCUT2D eigenvalue weighted by Crippen LogP contribution is -2.70. The average Bonchev–Trinajstić information content (AvgIpc) is 3.21. The zero-order valence-electron chi connectivity index (χ0n) is 32.7. The van der Waals surface area contributed by atoms with Crippen LogP contribution in [-0.4, -0.2) is 192 Å². The summed E-state index contributed by atoms with van der Waals surface area (Å²) in [6.45, 7) is -1.13. The first-order chi connectivity index (χ1) is 28.1. The van der Waals surface area contributed by atoms with Crippen LogP contribution in [0, 0.1) is 5.41 Å². The molecule has 15 atom stereocenters. The molecule has 14 N–H and O–H groups in total. The van der Waals surface area contributed by atoms with Gasteiger partial charge < -0.3 is 91.2 Å². The molecular weight excluding hydrogens is 788 g/mol. The number of ether oxygens (including phenoxy) is 7. The molecule has 23 heteroatoms. The third-order valence-corrected chi connectivity index (χ3v) is 10.1. The molecule has 1 aromatic carbocycles. The molecule has 4 rings (SSSR count). The van der Waals surface area contributed by atoms with Crippen LogP contribution < -0.4 is 27.4 Å². The van der Waals surface area contributed by atoms with Crippen molar-refractivity contribution in [2.24, 2.45) is 11.5 Å². The number of aliphatic hydroxyl groups is 6. The maximum Gasteiger partial charge on any atom is 0.287 e. The molecule has 332 valence electrons. The van der Waals surface area contributed by atoms with Crippen molar-refractivity contribution in [3.8, 4) is 0 Å². The molecule has 0 spiro atoms. The number of benzene rings is 1. The number of carbonyl (C=O) groups is 4. The van der Waals surface area contributed by atoms with Crippen LogP contribution in [0.15, 0.2) is 24.3 Å². The van der Waals surface area contributed by atoms with E-state index in [0.29, 0.717) is 11.1 Å². The summed E-state index contributed by atoms with van der Waals surface area (Å²) in [6.07, 6.45) is -17.8. The van der Waals surface area contributed by atoms with Gasteiger partial charge in [0, 0.05) is 46.1 Å². The average molecular weight is 845 g/mol. The van der Waals surface area contributed by atoms with E-state index in [1.54, 1.807) is 24.3 Å². The van der Waals surface area contributed by atoms with Gasteiger partial charge >= 0.3 is 0 Å². The number of hydrogen-bond donors (Lipinski definition) is 12. The minimum Gasteiger partial charge on any atom is -0.394 e. The van der Waals surface area contributed by atoms with Crippen LogP contribution >= 0.6 is 0 Å². The van der Waals surface area contributed by atoms with E-state index in [9.17, 15) is 49.8 Å². The van der Waals surface area contributed by atoms with Gasteiger partial charge in [0.2, 0.25) is 17.6 Å². The highest BCUT2D eigenvalue weighted by Gasteiger charge is 2.54. The number of hydrogen-bond acceptors (Lipinski definition) is 19. The number of methoxy groups -OCH3 is 2. The topological polar surface area (TPSA) is 366 Å². The first kappa shape index (κ1) is 47.9. The van der Waals surface area contributed by atoms with Crippen molar-refractivity contribution in [1.82, 2.24) is 16.0 Å². The van der Waals surface area contributed by atoms with E-state index in [1.165, 1.54) is 14.2 Å². The number of carbonyl (C=O) groups excluding carboxylic acids is 4. The number of amides is 3. The van der Waals surface area contributed by atoms with Crippen molar-refractivity contribution in [1.29, 1.82) is 5.41 Å². The number of rotatable bonds is 19. The van der Waals surface area contributed by atoms with Gasteiger partial charge in [0.25, 0.3) is 5.91 Å². The van der Waals surface area contributed by atoms with Crippen molar-refractivity contribution in [2.75, 3.05) is 40.6 Å². The van der Waals surface area contributed by atoms with Crippen LogP contribution in [0.3, 0.4) is 0 Å². The number of amidine groups is 1. The smallest absolute Gasteiger partial charge is 0.287 e. The molecule has 3 amide bonds. The Morgan fingerprint density at radius 1 is 0.763 bits per heavy atom. The van der Waals surface area contributed by atoms with Crippen LogP contribution in [0.5, 0.6) is 0 Å². The largest absolute Gasteiger partial charge is 0.394 e. The lowest BCUT2D eigenvalue weighted by atomic mass is 9.93. The molecule has 3 heterocycles. The molecule has 6 unspecified atom stereocenters. The number of nitrogen functional groups attached to an aromatic ring is 1. The van der Waals surface area contributed by atoms with Gasteiger partial charge in [-0.15, -0.1) is 0 Å². The van der Waals surface area contributed by atoms with Gasteiger partial charge in [-0.3, -0.25) is 24.6 Å². The Labute approximate surface area is 339 Å². The Morgan fingerprint density at radius 2 is 1.27 bits per heavy atom. The van der Waals surface area contributed by atoms with E-state index >= 15 is 0 Å². The predicted molar refractivity (Wildman–Crippen MR) is 199 cm³/mol. The fourth-order valence-corrected chi connectivity index (χ4v) is 7.02. The van der Waals surface area contributed by atoms with Crippen LogP contribution in [-0.2, 0) is 58.8 Å². The Bertz CT molecular complexity index is 1570. The maximum atomic E-state index is 13.4.